The summed E-state index contributed by atoms with van der Waals surface area (Å²) in [5, 5.41) is 2.52. The molecule has 0 saturated carbocycles. The van der Waals surface area contributed by atoms with Crippen molar-refractivity contribution < 1.29 is 13.9 Å². The van der Waals surface area contributed by atoms with Gasteiger partial charge in [-0.3, -0.25) is 4.90 Å². The van der Waals surface area contributed by atoms with E-state index in [0.29, 0.717) is 31.9 Å². The van der Waals surface area contributed by atoms with Gasteiger partial charge in [-0.2, -0.15) is 0 Å². The van der Waals surface area contributed by atoms with Crippen LogP contribution in [0.1, 0.15) is 51.7 Å². The molecule has 6 rings (SSSR count). The van der Waals surface area contributed by atoms with Crippen molar-refractivity contribution in [3.8, 4) is 0 Å². The Balaban J connectivity index is 1.36. The molecule has 2 fully saturated rings. The highest BCUT2D eigenvalue weighted by Gasteiger charge is 2.57. The van der Waals surface area contributed by atoms with Gasteiger partial charge in [0.05, 0.1) is 25.9 Å². The summed E-state index contributed by atoms with van der Waals surface area (Å²) in [5.74, 6) is 0. The Hall–Kier alpha value is -3.06. The van der Waals surface area contributed by atoms with Crippen molar-refractivity contribution in [3.05, 3.63) is 132 Å². The second kappa shape index (κ2) is 13.5. The van der Waals surface area contributed by atoms with Gasteiger partial charge in [0.15, 0.2) is 0 Å². The summed E-state index contributed by atoms with van der Waals surface area (Å²) in [6.07, 6.45) is 2.14. The molecule has 2 aliphatic heterocycles. The van der Waals surface area contributed by atoms with Crippen molar-refractivity contribution in [1.82, 2.24) is 4.90 Å². The van der Waals surface area contributed by atoms with E-state index >= 15 is 0 Å². The van der Waals surface area contributed by atoms with Gasteiger partial charge in [0, 0.05) is 12.1 Å². The first-order valence-corrected chi connectivity index (χ1v) is 18.1. The molecule has 0 radical (unpaired) electrons. The zero-order valence-electron chi connectivity index (χ0n) is 26.6. The highest BCUT2D eigenvalue weighted by molar-refractivity contribution is 6.99. The van der Waals surface area contributed by atoms with Crippen molar-refractivity contribution in [1.29, 1.82) is 0 Å². The van der Waals surface area contributed by atoms with Gasteiger partial charge in [0.25, 0.3) is 8.32 Å². The van der Waals surface area contributed by atoms with E-state index in [1.807, 2.05) is 0 Å². The SMILES string of the molecule is C[C@H]1CC[C@H]2[C@@H](OCc3ccccc3)[C@H](OCc3ccccc3)[C@@H](CO[Si](c3ccccc3)(c3ccccc3)C(C)(C)C)N12. The number of rotatable bonds is 11. The average molecular weight is 606 g/mol. The molecule has 5 heteroatoms. The third-order valence-electron chi connectivity index (χ3n) is 9.70. The Morgan fingerprint density at radius 1 is 0.636 bits per heavy atom. The minimum atomic E-state index is -2.72. The fraction of sp³-hybridized carbons (Fsp3) is 0.385. The highest BCUT2D eigenvalue weighted by Crippen LogP contribution is 2.43. The van der Waals surface area contributed by atoms with Crippen LogP contribution in [0.5, 0.6) is 0 Å². The molecule has 0 aliphatic carbocycles. The molecule has 2 heterocycles. The van der Waals surface area contributed by atoms with E-state index in [9.17, 15) is 0 Å². The lowest BCUT2D eigenvalue weighted by molar-refractivity contribution is -0.0834. The molecule has 0 aromatic heterocycles. The van der Waals surface area contributed by atoms with E-state index < -0.39 is 8.32 Å². The van der Waals surface area contributed by atoms with E-state index in [4.69, 9.17) is 13.9 Å². The van der Waals surface area contributed by atoms with Gasteiger partial charge in [0.2, 0.25) is 0 Å². The molecule has 5 atom stereocenters. The van der Waals surface area contributed by atoms with Gasteiger partial charge in [-0.1, -0.05) is 142 Å². The van der Waals surface area contributed by atoms with Gasteiger partial charge in [-0.05, 0) is 46.3 Å². The lowest BCUT2D eigenvalue weighted by Gasteiger charge is -2.44. The van der Waals surface area contributed by atoms with E-state index in [-0.39, 0.29) is 23.3 Å². The molecular weight excluding hydrogens is 559 g/mol. The molecule has 230 valence electrons. The maximum atomic E-state index is 7.56. The molecule has 0 spiro atoms. The largest absolute Gasteiger partial charge is 0.406 e. The van der Waals surface area contributed by atoms with Crippen LogP contribution in [0.3, 0.4) is 0 Å². The Morgan fingerprint density at radius 2 is 1.09 bits per heavy atom. The van der Waals surface area contributed by atoms with Crippen molar-refractivity contribution >= 4 is 18.7 Å². The molecular formula is C39H47NO3Si. The minimum absolute atomic E-state index is 0.0309. The van der Waals surface area contributed by atoms with Crippen molar-refractivity contribution in [2.75, 3.05) is 6.61 Å². The van der Waals surface area contributed by atoms with Crippen LogP contribution in [0.2, 0.25) is 5.04 Å². The predicted octanol–water partition coefficient (Wildman–Crippen LogP) is 6.97. The van der Waals surface area contributed by atoms with Gasteiger partial charge in [-0.25, -0.2) is 0 Å². The van der Waals surface area contributed by atoms with Crippen LogP contribution in [0.15, 0.2) is 121 Å². The van der Waals surface area contributed by atoms with Crippen LogP contribution in [-0.2, 0) is 27.1 Å². The Labute approximate surface area is 265 Å². The predicted molar refractivity (Wildman–Crippen MR) is 182 cm³/mol. The summed E-state index contributed by atoms with van der Waals surface area (Å²) in [7, 11) is -2.72. The molecule has 0 amide bonds. The fourth-order valence-electron chi connectivity index (χ4n) is 7.65. The number of fused-ring (bicyclic) bond motifs is 1. The monoisotopic (exact) mass is 605 g/mol. The zero-order valence-corrected chi connectivity index (χ0v) is 27.6. The van der Waals surface area contributed by atoms with Crippen molar-refractivity contribution in [2.45, 2.75) is 89.1 Å². The molecule has 44 heavy (non-hydrogen) atoms. The van der Waals surface area contributed by atoms with E-state index in [1.54, 1.807) is 0 Å². The summed E-state index contributed by atoms with van der Waals surface area (Å²) in [6, 6.07) is 43.8. The normalized spacial score (nSPS) is 24.0. The van der Waals surface area contributed by atoms with Gasteiger partial charge < -0.3 is 13.9 Å². The fourth-order valence-corrected chi connectivity index (χ4v) is 12.2. The molecule has 4 aromatic carbocycles. The molecule has 4 aromatic rings. The Kier molecular flexibility index (Phi) is 9.50. The number of hydrogen-bond acceptors (Lipinski definition) is 4. The Morgan fingerprint density at radius 3 is 1.57 bits per heavy atom. The van der Waals surface area contributed by atoms with Gasteiger partial charge in [0.1, 0.15) is 12.2 Å². The van der Waals surface area contributed by atoms with E-state index in [1.165, 1.54) is 21.5 Å². The van der Waals surface area contributed by atoms with Gasteiger partial charge >= 0.3 is 0 Å². The van der Waals surface area contributed by atoms with Crippen LogP contribution in [0.25, 0.3) is 0 Å². The quantitative estimate of drug-likeness (QED) is 0.173. The maximum Gasteiger partial charge on any atom is 0.261 e. The lowest BCUT2D eigenvalue weighted by atomic mass is 10.0. The van der Waals surface area contributed by atoms with Crippen LogP contribution in [-0.4, -0.2) is 50.2 Å². The second-order valence-electron chi connectivity index (χ2n) is 13.5. The average Bonchev–Trinajstić information content (AvgIpc) is 3.57. The molecule has 2 saturated heterocycles. The second-order valence-corrected chi connectivity index (χ2v) is 17.8. The summed E-state index contributed by atoms with van der Waals surface area (Å²) >= 11 is 0. The third-order valence-corrected chi connectivity index (χ3v) is 14.7. The molecule has 0 unspecified atom stereocenters. The maximum absolute atomic E-state index is 7.56. The molecule has 0 bridgehead atoms. The number of nitrogens with zero attached hydrogens (tertiary/aromatic N) is 1. The van der Waals surface area contributed by atoms with Crippen molar-refractivity contribution in [3.63, 3.8) is 0 Å². The van der Waals surface area contributed by atoms with Crippen LogP contribution in [0, 0.1) is 0 Å². The number of ether oxygens (including phenoxy) is 2. The Bertz CT molecular complexity index is 1410. The standard InChI is InChI=1S/C39H47NO3Si/c1-30-25-26-35-37(41-27-31-17-9-5-10-18-31)38(42-28-32-19-11-6-12-20-32)36(40(30)35)29-43-44(39(2,3)4,33-21-13-7-14-22-33)34-23-15-8-16-24-34/h5-24,30,35-38H,25-29H2,1-4H3/t30-,35-,36+,37+,38+/m0/s1. The lowest BCUT2D eigenvalue weighted by Crippen LogP contribution is -2.67. The first-order chi connectivity index (χ1) is 21.4. The van der Waals surface area contributed by atoms with Crippen molar-refractivity contribution in [2.24, 2.45) is 0 Å². The molecule has 2 aliphatic rings. The van der Waals surface area contributed by atoms with Gasteiger partial charge in [-0.15, -0.1) is 0 Å². The topological polar surface area (TPSA) is 30.9 Å². The summed E-state index contributed by atoms with van der Waals surface area (Å²) in [4.78, 5) is 2.68. The summed E-state index contributed by atoms with van der Waals surface area (Å²) < 4.78 is 21.3. The van der Waals surface area contributed by atoms with E-state index in [0.717, 1.165) is 12.8 Å². The minimum Gasteiger partial charge on any atom is -0.406 e. The van der Waals surface area contributed by atoms with E-state index in [2.05, 4.69) is 154 Å². The highest BCUT2D eigenvalue weighted by atomic mass is 28.4. The molecule has 4 nitrogen and oxygen atoms in total. The van der Waals surface area contributed by atoms with Crippen LogP contribution < -0.4 is 10.4 Å². The summed E-state index contributed by atoms with van der Waals surface area (Å²) in [6.45, 7) is 11.2. The first-order valence-electron chi connectivity index (χ1n) is 16.2. The smallest absolute Gasteiger partial charge is 0.261 e. The third kappa shape index (κ3) is 6.22. The molecule has 0 N–H and O–H groups in total. The zero-order chi connectivity index (χ0) is 30.6. The van der Waals surface area contributed by atoms with Crippen LogP contribution in [0.4, 0.5) is 0 Å². The first kappa shape index (κ1) is 30.9. The number of benzene rings is 4. The van der Waals surface area contributed by atoms with Crippen LogP contribution >= 0.6 is 0 Å². The summed E-state index contributed by atoms with van der Waals surface area (Å²) in [5.41, 5.74) is 2.37. The number of hydrogen-bond donors (Lipinski definition) is 0.